The van der Waals surface area contributed by atoms with Gasteiger partial charge in [0.15, 0.2) is 0 Å². The van der Waals surface area contributed by atoms with Crippen LogP contribution in [0.25, 0.3) is 0 Å². The largest absolute Gasteiger partial charge is 0.379 e. The van der Waals surface area contributed by atoms with Crippen molar-refractivity contribution in [2.75, 3.05) is 45.9 Å². The molecule has 1 aliphatic carbocycles. The van der Waals surface area contributed by atoms with Gasteiger partial charge in [0.25, 0.3) is 0 Å². The van der Waals surface area contributed by atoms with Gasteiger partial charge in [0.1, 0.15) is 5.82 Å². The first-order valence-corrected chi connectivity index (χ1v) is 11.5. The average molecular weight is 404 g/mol. The predicted octanol–water partition coefficient (Wildman–Crippen LogP) is 1.73. The van der Waals surface area contributed by atoms with Crippen molar-refractivity contribution >= 4 is 5.91 Å². The molecular weight excluding hydrogens is 366 g/mol. The van der Waals surface area contributed by atoms with Crippen molar-refractivity contribution in [3.05, 3.63) is 18.2 Å². The first kappa shape index (κ1) is 20.8. The maximum atomic E-state index is 13.6. The van der Waals surface area contributed by atoms with E-state index in [1.54, 1.807) is 0 Å². The highest BCUT2D eigenvalue weighted by molar-refractivity contribution is 5.83. The molecule has 0 spiro atoms. The topological polar surface area (TPSA) is 62.6 Å². The van der Waals surface area contributed by atoms with Crippen LogP contribution in [0.3, 0.4) is 0 Å². The summed E-state index contributed by atoms with van der Waals surface area (Å²) in [6.45, 7) is 12.5. The number of ether oxygens (including phenoxy) is 1. The van der Waals surface area contributed by atoms with Gasteiger partial charge in [0.05, 0.1) is 25.2 Å². The molecule has 0 unspecified atom stereocenters. The van der Waals surface area contributed by atoms with Gasteiger partial charge in [-0.1, -0.05) is 6.92 Å². The molecule has 1 aromatic rings. The van der Waals surface area contributed by atoms with Crippen molar-refractivity contribution in [1.29, 1.82) is 0 Å². The highest BCUT2D eigenvalue weighted by Gasteiger charge is 2.52. The minimum Gasteiger partial charge on any atom is -0.379 e. The second-order valence-corrected chi connectivity index (χ2v) is 8.90. The molecule has 1 saturated carbocycles. The van der Waals surface area contributed by atoms with Gasteiger partial charge in [-0.3, -0.25) is 9.69 Å². The van der Waals surface area contributed by atoms with Crippen LogP contribution in [0.2, 0.25) is 0 Å². The summed E-state index contributed by atoms with van der Waals surface area (Å²) in [5.41, 5.74) is -0.249. The fourth-order valence-corrected chi connectivity index (χ4v) is 5.76. The van der Waals surface area contributed by atoms with E-state index in [0.717, 1.165) is 84.0 Å². The number of carbonyl (C=O) groups is 1. The van der Waals surface area contributed by atoms with Gasteiger partial charge < -0.3 is 19.5 Å². The quantitative estimate of drug-likeness (QED) is 0.784. The van der Waals surface area contributed by atoms with Crippen LogP contribution in [0.15, 0.2) is 12.4 Å². The lowest BCUT2D eigenvalue weighted by Crippen LogP contribution is -2.60. The van der Waals surface area contributed by atoms with Gasteiger partial charge in [-0.15, -0.1) is 0 Å². The lowest BCUT2D eigenvalue weighted by atomic mass is 9.61. The Morgan fingerprint density at radius 1 is 1.24 bits per heavy atom. The van der Waals surface area contributed by atoms with E-state index in [1.165, 1.54) is 0 Å². The number of carbonyl (C=O) groups excluding carboxylic acids is 1. The molecule has 0 radical (unpaired) electrons. The minimum absolute atomic E-state index is 0.242. The molecule has 2 saturated heterocycles. The number of piperidine rings is 1. The van der Waals surface area contributed by atoms with Crippen molar-refractivity contribution in [3.63, 3.8) is 0 Å². The second kappa shape index (κ2) is 9.14. The van der Waals surface area contributed by atoms with Gasteiger partial charge in [0.2, 0.25) is 5.91 Å². The molecule has 2 aliphatic heterocycles. The molecule has 7 nitrogen and oxygen atoms in total. The highest BCUT2D eigenvalue weighted by atomic mass is 16.5. The fraction of sp³-hybridized carbons (Fsp3) is 0.818. The molecule has 162 valence electrons. The Morgan fingerprint density at radius 2 is 2.07 bits per heavy atom. The molecule has 3 atom stereocenters. The van der Waals surface area contributed by atoms with E-state index in [-0.39, 0.29) is 11.3 Å². The number of nitrogens with zero attached hydrogens (tertiary/aromatic N) is 4. The van der Waals surface area contributed by atoms with Crippen LogP contribution in [-0.4, -0.2) is 77.2 Å². The summed E-state index contributed by atoms with van der Waals surface area (Å²) < 4.78 is 7.65. The SMILES string of the molecule is CCN1CC[C@@H]2C[C@@H](N3CCOCC3)CC[C@@]2(C(=O)NCc2nccn2CC)C1. The number of nitrogens with one attached hydrogen (secondary N) is 1. The van der Waals surface area contributed by atoms with Gasteiger partial charge in [-0.25, -0.2) is 4.98 Å². The van der Waals surface area contributed by atoms with E-state index in [4.69, 9.17) is 4.74 Å². The van der Waals surface area contributed by atoms with E-state index in [2.05, 4.69) is 38.5 Å². The minimum atomic E-state index is -0.249. The highest BCUT2D eigenvalue weighted by Crippen LogP contribution is 2.47. The molecule has 3 heterocycles. The number of morpholine rings is 1. The van der Waals surface area contributed by atoms with Crippen molar-refractivity contribution in [3.8, 4) is 0 Å². The molecule has 0 bridgehead atoms. The Balaban J connectivity index is 1.46. The van der Waals surface area contributed by atoms with Crippen LogP contribution >= 0.6 is 0 Å². The van der Waals surface area contributed by atoms with Crippen LogP contribution in [0.4, 0.5) is 0 Å². The maximum Gasteiger partial charge on any atom is 0.228 e. The Labute approximate surface area is 174 Å². The summed E-state index contributed by atoms with van der Waals surface area (Å²) in [5, 5.41) is 3.28. The van der Waals surface area contributed by atoms with Gasteiger partial charge in [-0.05, 0) is 51.6 Å². The number of hydrogen-bond acceptors (Lipinski definition) is 5. The van der Waals surface area contributed by atoms with E-state index >= 15 is 0 Å². The first-order valence-electron chi connectivity index (χ1n) is 11.5. The van der Waals surface area contributed by atoms with Crippen LogP contribution < -0.4 is 5.32 Å². The molecule has 1 amide bonds. The molecule has 1 aromatic heterocycles. The van der Waals surface area contributed by atoms with E-state index in [9.17, 15) is 4.79 Å². The van der Waals surface area contributed by atoms with Gasteiger partial charge >= 0.3 is 0 Å². The third-order valence-corrected chi connectivity index (χ3v) is 7.57. The van der Waals surface area contributed by atoms with Crippen molar-refractivity contribution in [2.45, 2.75) is 58.7 Å². The number of imidazole rings is 1. The number of aryl methyl sites for hydroxylation is 1. The number of aromatic nitrogens is 2. The second-order valence-electron chi connectivity index (χ2n) is 8.90. The number of amides is 1. The zero-order valence-electron chi connectivity index (χ0n) is 18.1. The molecular formula is C22H37N5O2. The summed E-state index contributed by atoms with van der Waals surface area (Å²) in [4.78, 5) is 23.1. The van der Waals surface area contributed by atoms with Crippen LogP contribution in [0.1, 0.15) is 45.4 Å². The number of likely N-dealkylation sites (tertiary alicyclic amines) is 1. The zero-order valence-corrected chi connectivity index (χ0v) is 18.1. The van der Waals surface area contributed by atoms with E-state index < -0.39 is 0 Å². The monoisotopic (exact) mass is 403 g/mol. The van der Waals surface area contributed by atoms with Crippen molar-refractivity contribution in [1.82, 2.24) is 24.7 Å². The third kappa shape index (κ3) is 4.23. The van der Waals surface area contributed by atoms with Crippen molar-refractivity contribution in [2.24, 2.45) is 11.3 Å². The van der Waals surface area contributed by atoms with Crippen molar-refractivity contribution < 1.29 is 9.53 Å². The van der Waals surface area contributed by atoms with Gasteiger partial charge in [0, 0.05) is 44.6 Å². The van der Waals surface area contributed by atoms with Gasteiger partial charge in [-0.2, -0.15) is 0 Å². The average Bonchev–Trinajstić information content (AvgIpc) is 3.24. The number of hydrogen-bond donors (Lipinski definition) is 1. The Bertz CT molecular complexity index is 686. The molecule has 0 aromatic carbocycles. The van der Waals surface area contributed by atoms with Crippen LogP contribution in [-0.2, 0) is 22.6 Å². The zero-order chi connectivity index (χ0) is 20.3. The number of rotatable bonds is 6. The van der Waals surface area contributed by atoms with Crippen LogP contribution in [0, 0.1) is 11.3 Å². The van der Waals surface area contributed by atoms with E-state index in [0.29, 0.717) is 18.5 Å². The molecule has 3 fully saturated rings. The molecule has 1 N–H and O–H groups in total. The summed E-state index contributed by atoms with van der Waals surface area (Å²) in [5.74, 6) is 1.66. The summed E-state index contributed by atoms with van der Waals surface area (Å²) in [6, 6.07) is 0.608. The maximum absolute atomic E-state index is 13.6. The summed E-state index contributed by atoms with van der Waals surface area (Å²) >= 11 is 0. The smallest absolute Gasteiger partial charge is 0.228 e. The molecule has 3 aliphatic rings. The third-order valence-electron chi connectivity index (χ3n) is 7.57. The lowest BCUT2D eigenvalue weighted by molar-refractivity contribution is -0.145. The Hall–Kier alpha value is -1.44. The predicted molar refractivity (Wildman–Crippen MR) is 112 cm³/mol. The standard InChI is InChI=1S/C22H37N5O2/c1-3-25-9-6-18-15-19(27-11-13-29-14-12-27)5-7-22(18,17-25)21(28)24-16-20-23-8-10-26(20)4-2/h8,10,18-19H,3-7,9,11-17H2,1-2H3,(H,24,28)/t18-,19+,22-/m1/s1. The molecule has 7 heteroatoms. The first-order chi connectivity index (χ1) is 14.2. The van der Waals surface area contributed by atoms with Crippen LogP contribution in [0.5, 0.6) is 0 Å². The summed E-state index contributed by atoms with van der Waals surface area (Å²) in [7, 11) is 0. The lowest BCUT2D eigenvalue weighted by Gasteiger charge is -2.53. The molecule has 29 heavy (non-hydrogen) atoms. The summed E-state index contributed by atoms with van der Waals surface area (Å²) in [6.07, 6.45) is 8.18. The normalized spacial score (nSPS) is 31.4. The Morgan fingerprint density at radius 3 is 2.83 bits per heavy atom. The number of fused-ring (bicyclic) bond motifs is 1. The fourth-order valence-electron chi connectivity index (χ4n) is 5.76. The Kier molecular flexibility index (Phi) is 6.56. The molecule has 4 rings (SSSR count). The van der Waals surface area contributed by atoms with E-state index in [1.807, 2.05) is 12.4 Å².